The summed E-state index contributed by atoms with van der Waals surface area (Å²) in [4.78, 5) is 10.5. The number of aliphatic carboxylic acids is 1. The van der Waals surface area contributed by atoms with E-state index < -0.39 is 17.6 Å². The highest BCUT2D eigenvalue weighted by Crippen LogP contribution is 2.29. The second-order valence-corrected chi connectivity index (χ2v) is 4.98. The van der Waals surface area contributed by atoms with Crippen molar-refractivity contribution in [3.05, 3.63) is 64.1 Å². The second-order valence-electron chi connectivity index (χ2n) is 4.06. The average Bonchev–Trinajstić information content (AvgIpc) is 2.37. The third kappa shape index (κ3) is 4.39. The molecule has 0 aliphatic carbocycles. The van der Waals surface area contributed by atoms with Crippen LogP contribution in [0.3, 0.4) is 0 Å². The van der Waals surface area contributed by atoms with Crippen molar-refractivity contribution < 1.29 is 23.4 Å². The lowest BCUT2D eigenvalue weighted by molar-refractivity contribution is -0.131. The standard InChI is InChI=1S/C15H9BrF2O3/c16-10-6-12(18)8-13(7-10)21-14-3-2-11(17)5-9(14)1-4-15(19)20/h1-8H,(H,19,20)/b4-1+. The fraction of sp³-hybridized carbons (Fsp3) is 0. The first-order chi connectivity index (χ1) is 9.94. The van der Waals surface area contributed by atoms with Gasteiger partial charge < -0.3 is 9.84 Å². The minimum Gasteiger partial charge on any atom is -0.478 e. The first kappa shape index (κ1) is 15.2. The number of rotatable bonds is 4. The highest BCUT2D eigenvalue weighted by molar-refractivity contribution is 9.10. The van der Waals surface area contributed by atoms with Crippen LogP contribution in [0.15, 0.2) is 46.9 Å². The Kier molecular flexibility index (Phi) is 4.70. The predicted octanol–water partition coefficient (Wildman–Crippen LogP) is 4.62. The molecule has 0 amide bonds. The SMILES string of the molecule is O=C(O)/C=C/c1cc(F)ccc1Oc1cc(F)cc(Br)c1. The van der Waals surface area contributed by atoms with Crippen molar-refractivity contribution in [1.82, 2.24) is 0 Å². The molecule has 1 N–H and O–H groups in total. The summed E-state index contributed by atoms with van der Waals surface area (Å²) in [6.45, 7) is 0. The maximum absolute atomic E-state index is 13.3. The number of carboxylic acid groups (broad SMARTS) is 1. The van der Waals surface area contributed by atoms with E-state index in [-0.39, 0.29) is 17.1 Å². The molecule has 2 aromatic rings. The number of benzene rings is 2. The van der Waals surface area contributed by atoms with Crippen LogP contribution in [0.4, 0.5) is 8.78 Å². The fourth-order valence-electron chi connectivity index (χ4n) is 1.62. The molecule has 0 radical (unpaired) electrons. The normalized spacial score (nSPS) is 10.8. The van der Waals surface area contributed by atoms with E-state index in [4.69, 9.17) is 9.84 Å². The summed E-state index contributed by atoms with van der Waals surface area (Å²) in [5.41, 5.74) is 0.234. The lowest BCUT2D eigenvalue weighted by Gasteiger charge is -2.09. The summed E-state index contributed by atoms with van der Waals surface area (Å²) in [5, 5.41) is 8.62. The van der Waals surface area contributed by atoms with Crippen molar-refractivity contribution in [2.24, 2.45) is 0 Å². The molecule has 0 unspecified atom stereocenters. The minimum absolute atomic E-state index is 0.207. The van der Waals surface area contributed by atoms with Crippen molar-refractivity contribution >= 4 is 28.0 Å². The molecular formula is C15H9BrF2O3. The van der Waals surface area contributed by atoms with Gasteiger partial charge in [0.15, 0.2) is 0 Å². The molecule has 0 bridgehead atoms. The zero-order chi connectivity index (χ0) is 15.4. The first-order valence-electron chi connectivity index (χ1n) is 5.78. The molecule has 0 spiro atoms. The van der Waals surface area contributed by atoms with Gasteiger partial charge in [-0.25, -0.2) is 13.6 Å². The Morgan fingerprint density at radius 1 is 1.14 bits per heavy atom. The van der Waals surface area contributed by atoms with Crippen LogP contribution < -0.4 is 4.74 Å². The van der Waals surface area contributed by atoms with Gasteiger partial charge in [0.1, 0.15) is 23.1 Å². The van der Waals surface area contributed by atoms with Crippen LogP contribution >= 0.6 is 15.9 Å². The topological polar surface area (TPSA) is 46.5 Å². The lowest BCUT2D eigenvalue weighted by atomic mass is 10.2. The maximum atomic E-state index is 13.3. The van der Waals surface area contributed by atoms with Gasteiger partial charge in [-0.15, -0.1) is 0 Å². The number of carboxylic acids is 1. The van der Waals surface area contributed by atoms with Gasteiger partial charge in [0, 0.05) is 22.2 Å². The molecule has 0 saturated carbocycles. The summed E-state index contributed by atoms with van der Waals surface area (Å²) < 4.78 is 32.5. The Hall–Kier alpha value is -2.21. The smallest absolute Gasteiger partial charge is 0.328 e. The molecule has 0 fully saturated rings. The predicted molar refractivity (Wildman–Crippen MR) is 77.2 cm³/mol. The van der Waals surface area contributed by atoms with Crippen LogP contribution in [0.5, 0.6) is 11.5 Å². The Balaban J connectivity index is 2.36. The Morgan fingerprint density at radius 2 is 1.90 bits per heavy atom. The molecule has 0 saturated heterocycles. The molecule has 3 nitrogen and oxygen atoms in total. The Labute approximate surface area is 127 Å². The van der Waals surface area contributed by atoms with E-state index in [1.165, 1.54) is 36.4 Å². The van der Waals surface area contributed by atoms with E-state index in [1.54, 1.807) is 0 Å². The molecule has 0 heterocycles. The second kappa shape index (κ2) is 6.49. The molecular weight excluding hydrogens is 346 g/mol. The zero-order valence-electron chi connectivity index (χ0n) is 10.5. The van der Waals surface area contributed by atoms with Crippen molar-refractivity contribution in [3.63, 3.8) is 0 Å². The number of hydrogen-bond donors (Lipinski definition) is 1. The van der Waals surface area contributed by atoms with E-state index in [2.05, 4.69) is 15.9 Å². The molecule has 2 aromatic carbocycles. The van der Waals surface area contributed by atoms with Gasteiger partial charge in [-0.1, -0.05) is 15.9 Å². The molecule has 0 atom stereocenters. The van der Waals surface area contributed by atoms with E-state index in [1.807, 2.05) is 0 Å². The number of halogens is 3. The van der Waals surface area contributed by atoms with Crippen molar-refractivity contribution in [1.29, 1.82) is 0 Å². The van der Waals surface area contributed by atoms with Crippen molar-refractivity contribution in [2.45, 2.75) is 0 Å². The number of hydrogen-bond acceptors (Lipinski definition) is 2. The third-order valence-corrected chi connectivity index (χ3v) is 2.90. The van der Waals surface area contributed by atoms with Gasteiger partial charge in [0.25, 0.3) is 0 Å². The highest BCUT2D eigenvalue weighted by Gasteiger charge is 2.07. The lowest BCUT2D eigenvalue weighted by Crippen LogP contribution is -1.91. The molecule has 6 heteroatoms. The van der Waals surface area contributed by atoms with Crippen LogP contribution in [0.25, 0.3) is 6.08 Å². The maximum Gasteiger partial charge on any atom is 0.328 e. The van der Waals surface area contributed by atoms with Crippen LogP contribution in [0.1, 0.15) is 5.56 Å². The summed E-state index contributed by atoms with van der Waals surface area (Å²) in [5.74, 6) is -1.78. The van der Waals surface area contributed by atoms with Gasteiger partial charge in [-0.05, 0) is 36.4 Å². The van der Waals surface area contributed by atoms with Crippen LogP contribution in [-0.4, -0.2) is 11.1 Å². The zero-order valence-corrected chi connectivity index (χ0v) is 12.1. The number of carbonyl (C=O) groups is 1. The Morgan fingerprint density at radius 3 is 2.57 bits per heavy atom. The van der Waals surface area contributed by atoms with Crippen LogP contribution in [-0.2, 0) is 4.79 Å². The van der Waals surface area contributed by atoms with E-state index in [0.29, 0.717) is 4.47 Å². The Bertz CT molecular complexity index is 694. The molecule has 21 heavy (non-hydrogen) atoms. The van der Waals surface area contributed by atoms with E-state index in [0.717, 1.165) is 12.1 Å². The monoisotopic (exact) mass is 354 g/mol. The van der Waals surface area contributed by atoms with E-state index >= 15 is 0 Å². The van der Waals surface area contributed by atoms with Crippen molar-refractivity contribution in [3.8, 4) is 11.5 Å². The molecule has 0 aliphatic heterocycles. The van der Waals surface area contributed by atoms with Gasteiger partial charge in [-0.2, -0.15) is 0 Å². The largest absolute Gasteiger partial charge is 0.478 e. The molecule has 108 valence electrons. The fourth-order valence-corrected chi connectivity index (χ4v) is 2.06. The summed E-state index contributed by atoms with van der Waals surface area (Å²) in [6.07, 6.45) is 2.07. The van der Waals surface area contributed by atoms with Gasteiger partial charge >= 0.3 is 5.97 Å². The first-order valence-corrected chi connectivity index (χ1v) is 6.58. The quantitative estimate of drug-likeness (QED) is 0.815. The van der Waals surface area contributed by atoms with Crippen LogP contribution in [0, 0.1) is 11.6 Å². The van der Waals surface area contributed by atoms with Gasteiger partial charge in [-0.3, -0.25) is 0 Å². The van der Waals surface area contributed by atoms with Crippen LogP contribution in [0.2, 0.25) is 0 Å². The van der Waals surface area contributed by atoms with E-state index in [9.17, 15) is 13.6 Å². The molecule has 0 aromatic heterocycles. The minimum atomic E-state index is -1.17. The highest BCUT2D eigenvalue weighted by atomic mass is 79.9. The average molecular weight is 355 g/mol. The number of ether oxygens (including phenoxy) is 1. The van der Waals surface area contributed by atoms with Gasteiger partial charge in [0.2, 0.25) is 0 Å². The molecule has 0 aliphatic rings. The molecule has 2 rings (SSSR count). The summed E-state index contributed by atoms with van der Waals surface area (Å²) >= 11 is 3.13. The summed E-state index contributed by atoms with van der Waals surface area (Å²) in [7, 11) is 0. The van der Waals surface area contributed by atoms with Crippen molar-refractivity contribution in [2.75, 3.05) is 0 Å². The van der Waals surface area contributed by atoms with Gasteiger partial charge in [0.05, 0.1) is 0 Å². The third-order valence-electron chi connectivity index (χ3n) is 2.44. The summed E-state index contributed by atoms with van der Waals surface area (Å²) in [6, 6.07) is 7.61.